The van der Waals surface area contributed by atoms with E-state index in [1.807, 2.05) is 0 Å². The van der Waals surface area contributed by atoms with Gasteiger partial charge < -0.3 is 64.0 Å². The van der Waals surface area contributed by atoms with E-state index in [0.29, 0.717) is 12.1 Å². The van der Waals surface area contributed by atoms with Gasteiger partial charge in [-0.3, -0.25) is 0 Å². The number of hydrogen-bond donors (Lipinski definition) is 6. The van der Waals surface area contributed by atoms with E-state index in [4.69, 9.17) is 31.9 Å². The van der Waals surface area contributed by atoms with Crippen LogP contribution in [0.1, 0.15) is 64.2 Å². The molecule has 2 aliphatic carbocycles. The molecule has 4 atom stereocenters. The van der Waals surface area contributed by atoms with Gasteiger partial charge in [0.05, 0.1) is 11.9 Å². The van der Waals surface area contributed by atoms with Gasteiger partial charge >= 0.3 is 42.1 Å². The van der Waals surface area contributed by atoms with Crippen LogP contribution in [-0.2, 0) is 51.7 Å². The van der Waals surface area contributed by atoms with Crippen LogP contribution in [0.5, 0.6) is 0 Å². The van der Waals surface area contributed by atoms with Gasteiger partial charge in [-0.05, 0) is 25.7 Å². The third kappa shape index (κ3) is 19.5. The topological polar surface area (TPSA) is 280 Å². The number of carbonyl (C=O) groups excluding carboxylic acids is 2. The van der Waals surface area contributed by atoms with Crippen LogP contribution in [0.2, 0.25) is 0 Å². The summed E-state index contributed by atoms with van der Waals surface area (Å²) < 4.78 is 0. The van der Waals surface area contributed by atoms with Gasteiger partial charge in [-0.2, -0.15) is 0 Å². The summed E-state index contributed by atoms with van der Waals surface area (Å²) in [6.07, 6.45) is 3.56. The molecule has 0 spiro atoms. The SMILES string of the molecule is NC1CCCCC1.NC1CCCCC1.O=C([O-])[C@@H](O)[C@@H](O)[C@H](O)[C@@H](O)C(=O)[O-].[NH2-].[NH2-].[Pt+2].[Pt+2]. The second-order valence-electron chi connectivity index (χ2n) is 7.31. The fourth-order valence-electron chi connectivity index (χ4n) is 2.92. The van der Waals surface area contributed by atoms with E-state index in [2.05, 4.69) is 0 Å². The van der Waals surface area contributed by atoms with Crippen LogP contribution in [0.3, 0.4) is 0 Å². The van der Waals surface area contributed by atoms with Gasteiger partial charge in [0.15, 0.2) is 0 Å². The number of aliphatic hydroxyl groups is 4. The van der Waals surface area contributed by atoms with E-state index < -0.39 is 36.4 Å². The second-order valence-corrected chi connectivity index (χ2v) is 7.31. The van der Waals surface area contributed by atoms with Crippen LogP contribution in [0.15, 0.2) is 0 Å². The number of carbonyl (C=O) groups is 2. The summed E-state index contributed by atoms with van der Waals surface area (Å²) in [4.78, 5) is 19.9. The molecular formula is C18H38N4O8Pt2. The Balaban J connectivity index is -0.000000115. The van der Waals surface area contributed by atoms with Gasteiger partial charge in [0.1, 0.15) is 24.4 Å². The van der Waals surface area contributed by atoms with Crippen molar-refractivity contribution in [2.45, 2.75) is 101 Å². The fourth-order valence-corrected chi connectivity index (χ4v) is 2.92. The molecule has 12 nitrogen and oxygen atoms in total. The van der Waals surface area contributed by atoms with Crippen molar-refractivity contribution in [2.24, 2.45) is 11.5 Å². The Morgan fingerprint density at radius 2 is 0.844 bits per heavy atom. The van der Waals surface area contributed by atoms with Gasteiger partial charge in [-0.25, -0.2) is 0 Å². The number of carboxylic acid groups (broad SMARTS) is 2. The Labute approximate surface area is 218 Å². The molecule has 0 heterocycles. The average molecular weight is 829 g/mol. The van der Waals surface area contributed by atoms with Crippen LogP contribution < -0.4 is 21.7 Å². The zero-order valence-corrected chi connectivity index (χ0v) is 22.4. The minimum absolute atomic E-state index is 0. The fraction of sp³-hybridized carbons (Fsp3) is 0.889. The number of aliphatic carboxylic acids is 2. The molecule has 2 fully saturated rings. The van der Waals surface area contributed by atoms with E-state index in [0.717, 1.165) is 0 Å². The van der Waals surface area contributed by atoms with Crippen molar-refractivity contribution >= 4 is 11.9 Å². The van der Waals surface area contributed by atoms with Gasteiger partial charge in [0.25, 0.3) is 0 Å². The molecule has 0 amide bonds. The van der Waals surface area contributed by atoms with Gasteiger partial charge in [-0.15, -0.1) is 0 Å². The predicted octanol–water partition coefficient (Wildman–Crippen LogP) is -2.09. The van der Waals surface area contributed by atoms with Gasteiger partial charge in [0.2, 0.25) is 0 Å². The van der Waals surface area contributed by atoms with Crippen LogP contribution >= 0.6 is 0 Å². The molecule has 0 unspecified atom stereocenters. The summed E-state index contributed by atoms with van der Waals surface area (Å²) in [5.74, 6) is -4.22. The van der Waals surface area contributed by atoms with Crippen LogP contribution in [0.4, 0.5) is 0 Å². The summed E-state index contributed by atoms with van der Waals surface area (Å²) in [6.45, 7) is 0. The summed E-state index contributed by atoms with van der Waals surface area (Å²) in [6, 6.07) is 1.07. The van der Waals surface area contributed by atoms with E-state index in [1.165, 1.54) is 64.2 Å². The standard InChI is InChI=1S/2C6H13N.C6H10O8.2H2N.2Pt/c2*7-6-4-2-1-3-5-6;7-1(3(9)5(11)12)2(8)4(10)6(13)14;;;;/h2*6H,1-5,7H2;1-4,7-10H,(H,11,12)(H,13,14);2*1H2;;/q;;;2*-1;2*+2/p-2/t;;1-,2-,3-,4+;;;;/m..0..../s1. The second kappa shape index (κ2) is 24.1. The number of nitrogens with two attached hydrogens (primary N) is 4. The molecule has 2 aliphatic rings. The maximum atomic E-state index is 9.96. The molecule has 14 heteroatoms. The predicted molar refractivity (Wildman–Crippen MR) is 107 cm³/mol. The Morgan fingerprint density at radius 1 is 0.625 bits per heavy atom. The van der Waals surface area contributed by atoms with Crippen LogP contribution in [0.25, 0.3) is 12.3 Å². The Hall–Kier alpha value is -0.00338. The largest absolute Gasteiger partial charge is 2.00 e. The molecule has 0 aliphatic heterocycles. The maximum Gasteiger partial charge on any atom is 2.00 e. The minimum atomic E-state index is -2.50. The zero-order valence-electron chi connectivity index (χ0n) is 17.9. The van der Waals surface area contributed by atoms with Crippen molar-refractivity contribution in [3.8, 4) is 0 Å². The molecule has 0 saturated heterocycles. The normalized spacial score (nSPS) is 19.6. The summed E-state index contributed by atoms with van der Waals surface area (Å²) in [7, 11) is 0. The summed E-state index contributed by atoms with van der Waals surface area (Å²) in [5, 5.41) is 54.7. The first-order valence-electron chi connectivity index (χ1n) is 9.73. The van der Waals surface area contributed by atoms with Crippen LogP contribution in [0, 0.1) is 0 Å². The first-order chi connectivity index (χ1) is 13.1. The Bertz CT molecular complexity index is 417. The number of carboxylic acids is 2. The minimum Gasteiger partial charge on any atom is -0.693 e. The number of aliphatic hydroxyl groups excluding tert-OH is 4. The summed E-state index contributed by atoms with van der Waals surface area (Å²) in [5.41, 5.74) is 11.3. The van der Waals surface area contributed by atoms with E-state index in [-0.39, 0.29) is 54.4 Å². The van der Waals surface area contributed by atoms with Gasteiger partial charge in [-0.1, -0.05) is 38.5 Å². The van der Waals surface area contributed by atoms with Crippen molar-refractivity contribution in [3.05, 3.63) is 12.3 Å². The molecule has 32 heavy (non-hydrogen) atoms. The van der Waals surface area contributed by atoms with E-state index in [9.17, 15) is 19.8 Å². The zero-order chi connectivity index (χ0) is 21.7. The molecule has 0 bridgehead atoms. The monoisotopic (exact) mass is 828 g/mol. The molecule has 2 saturated carbocycles. The van der Waals surface area contributed by atoms with Crippen molar-refractivity contribution in [1.29, 1.82) is 0 Å². The quantitative estimate of drug-likeness (QED) is 0.176. The number of hydrogen-bond acceptors (Lipinski definition) is 10. The Kier molecular flexibility index (Phi) is 31.8. The molecule has 0 aromatic heterocycles. The van der Waals surface area contributed by atoms with Gasteiger partial charge in [0, 0.05) is 12.1 Å². The molecule has 198 valence electrons. The Morgan fingerprint density at radius 3 is 0.969 bits per heavy atom. The van der Waals surface area contributed by atoms with E-state index in [1.54, 1.807) is 0 Å². The molecule has 0 aromatic carbocycles. The van der Waals surface area contributed by atoms with Crippen molar-refractivity contribution in [3.63, 3.8) is 0 Å². The third-order valence-electron chi connectivity index (χ3n) is 4.78. The average Bonchev–Trinajstić information content (AvgIpc) is 2.67. The van der Waals surface area contributed by atoms with E-state index >= 15 is 0 Å². The molecule has 0 aromatic rings. The smallest absolute Gasteiger partial charge is 0.693 e. The van der Waals surface area contributed by atoms with Crippen molar-refractivity contribution in [1.82, 2.24) is 0 Å². The molecule has 2 rings (SSSR count). The first kappa shape index (κ1) is 42.2. The van der Waals surface area contributed by atoms with Crippen molar-refractivity contribution in [2.75, 3.05) is 0 Å². The summed E-state index contributed by atoms with van der Waals surface area (Å²) >= 11 is 0. The third-order valence-corrected chi connectivity index (χ3v) is 4.78. The van der Waals surface area contributed by atoms with Crippen molar-refractivity contribution < 1.29 is 82.4 Å². The van der Waals surface area contributed by atoms with Crippen LogP contribution in [-0.4, -0.2) is 68.9 Å². The number of rotatable bonds is 5. The molecular weight excluding hydrogens is 790 g/mol. The molecule has 12 N–H and O–H groups in total. The maximum absolute atomic E-state index is 9.96. The first-order valence-corrected chi connectivity index (χ1v) is 9.73. The molecule has 0 radical (unpaired) electrons.